The van der Waals surface area contributed by atoms with Crippen molar-refractivity contribution in [3.05, 3.63) is 58.6 Å². The number of ketones is 2. The minimum absolute atomic E-state index is 0.00297. The Morgan fingerprint density at radius 3 is 2.62 bits per heavy atom. The van der Waals surface area contributed by atoms with Gasteiger partial charge in [0.2, 0.25) is 11.6 Å². The van der Waals surface area contributed by atoms with E-state index in [-0.39, 0.29) is 29.6 Å². The Morgan fingerprint density at radius 2 is 1.94 bits per heavy atom. The van der Waals surface area contributed by atoms with Crippen molar-refractivity contribution in [3.8, 4) is 0 Å². The molecule has 1 aliphatic carbocycles. The Kier molecular flexibility index (Phi) is 9.19. The molecule has 0 spiro atoms. The van der Waals surface area contributed by atoms with Gasteiger partial charge in [0.15, 0.2) is 5.76 Å². The third-order valence-corrected chi connectivity index (χ3v) is 5.20. The molecule has 8 nitrogen and oxygen atoms in total. The van der Waals surface area contributed by atoms with Crippen LogP contribution in [0.1, 0.15) is 52.4 Å². The van der Waals surface area contributed by atoms with Gasteiger partial charge in [0.25, 0.3) is 5.91 Å². The quantitative estimate of drug-likeness (QED) is 0.499. The molecule has 32 heavy (non-hydrogen) atoms. The second-order valence-corrected chi connectivity index (χ2v) is 7.80. The van der Waals surface area contributed by atoms with E-state index in [9.17, 15) is 19.2 Å². The Labute approximate surface area is 187 Å². The second kappa shape index (κ2) is 11.8. The number of hydrogen-bond donors (Lipinski definition) is 2. The van der Waals surface area contributed by atoms with Crippen molar-refractivity contribution >= 4 is 23.6 Å². The summed E-state index contributed by atoms with van der Waals surface area (Å²) < 4.78 is 10.4. The fourth-order valence-electron chi connectivity index (χ4n) is 3.50. The summed E-state index contributed by atoms with van der Waals surface area (Å²) in [6.07, 6.45) is 10.8. The number of hydrogen-bond acceptors (Lipinski definition) is 6. The van der Waals surface area contributed by atoms with Gasteiger partial charge in [-0.05, 0) is 39.5 Å². The van der Waals surface area contributed by atoms with Crippen LogP contribution in [-0.2, 0) is 23.9 Å². The first kappa shape index (κ1) is 24.8. The summed E-state index contributed by atoms with van der Waals surface area (Å²) in [5.74, 6) is -1.39. The molecule has 0 saturated heterocycles. The van der Waals surface area contributed by atoms with Gasteiger partial charge in [-0.15, -0.1) is 0 Å². The topological polar surface area (TPSA) is 125 Å². The molecule has 0 aromatic heterocycles. The Morgan fingerprint density at radius 1 is 1.19 bits per heavy atom. The van der Waals surface area contributed by atoms with Gasteiger partial charge in [-0.3, -0.25) is 14.4 Å². The first-order chi connectivity index (χ1) is 15.2. The van der Waals surface area contributed by atoms with Crippen LogP contribution in [0.15, 0.2) is 58.6 Å². The lowest BCUT2D eigenvalue weighted by atomic mass is 9.92. The van der Waals surface area contributed by atoms with Gasteiger partial charge in [0.05, 0.1) is 18.4 Å². The van der Waals surface area contributed by atoms with Crippen LogP contribution in [0.4, 0.5) is 4.79 Å². The number of ether oxygens (including phenoxy) is 2. The van der Waals surface area contributed by atoms with Crippen molar-refractivity contribution in [2.24, 2.45) is 5.73 Å². The summed E-state index contributed by atoms with van der Waals surface area (Å²) in [7, 11) is 1.35. The van der Waals surface area contributed by atoms with Gasteiger partial charge in [0, 0.05) is 24.5 Å². The average Bonchev–Trinajstić information content (AvgIpc) is 2.73. The molecular weight excluding hydrogens is 412 g/mol. The summed E-state index contributed by atoms with van der Waals surface area (Å²) >= 11 is 0. The molecule has 2 aliphatic rings. The normalized spacial score (nSPS) is 25.8. The molecule has 0 aromatic carbocycles. The van der Waals surface area contributed by atoms with E-state index >= 15 is 0 Å². The molecule has 3 N–H and O–H groups in total. The van der Waals surface area contributed by atoms with Crippen molar-refractivity contribution in [1.82, 2.24) is 5.32 Å². The summed E-state index contributed by atoms with van der Waals surface area (Å²) in [6.45, 7) is 3.47. The predicted molar refractivity (Wildman–Crippen MR) is 119 cm³/mol. The number of nitrogens with two attached hydrogens (primary N) is 1. The lowest BCUT2D eigenvalue weighted by molar-refractivity contribution is -0.120. The molecule has 172 valence electrons. The van der Waals surface area contributed by atoms with Crippen molar-refractivity contribution < 1.29 is 28.7 Å². The molecule has 1 aliphatic heterocycles. The van der Waals surface area contributed by atoms with Gasteiger partial charge in [-0.25, -0.2) is 4.79 Å². The van der Waals surface area contributed by atoms with E-state index in [0.29, 0.717) is 18.4 Å². The monoisotopic (exact) mass is 442 g/mol. The Bertz CT molecular complexity index is 936. The van der Waals surface area contributed by atoms with E-state index in [2.05, 4.69) is 5.32 Å². The Hall–Kier alpha value is -3.42. The molecule has 0 saturated carbocycles. The fourth-order valence-corrected chi connectivity index (χ4v) is 3.50. The maximum atomic E-state index is 13.0. The number of carbonyl (C=O) groups excluding carboxylic acids is 4. The number of allylic oxidation sites excluding steroid dienone is 6. The predicted octanol–water partition coefficient (Wildman–Crippen LogP) is 3.31. The number of Topliss-reactive ketones (excluding diaryl/α,β-unsaturated/α-hetero) is 1. The minimum atomic E-state index is -0.811. The average molecular weight is 443 g/mol. The highest BCUT2D eigenvalue weighted by Gasteiger charge is 2.30. The van der Waals surface area contributed by atoms with Crippen molar-refractivity contribution in [3.63, 3.8) is 0 Å². The molecular formula is C24H30N2O6. The highest BCUT2D eigenvalue weighted by atomic mass is 16.6. The summed E-state index contributed by atoms with van der Waals surface area (Å²) in [5.41, 5.74) is 6.57. The van der Waals surface area contributed by atoms with Crippen LogP contribution in [0.2, 0.25) is 0 Å². The molecule has 2 rings (SSSR count). The number of carbonyl (C=O) groups is 4. The van der Waals surface area contributed by atoms with E-state index in [1.807, 2.05) is 13.0 Å². The third-order valence-electron chi connectivity index (χ3n) is 5.20. The number of nitrogens with one attached hydrogen (secondary N) is 1. The second-order valence-electron chi connectivity index (χ2n) is 7.80. The number of methoxy groups -OCH3 is 1. The van der Waals surface area contributed by atoms with Crippen molar-refractivity contribution in [1.29, 1.82) is 0 Å². The molecule has 2 bridgehead atoms. The SMILES string of the molecule is COC1=C2C/C(C)=C/CCCCC(OC(N)=O)C/C=C\C=C(/C)C(=O)NC(=CC1=O)C2=O. The lowest BCUT2D eigenvalue weighted by Crippen LogP contribution is -2.33. The van der Waals surface area contributed by atoms with E-state index in [1.165, 1.54) is 7.11 Å². The van der Waals surface area contributed by atoms with Crippen molar-refractivity contribution in [2.45, 2.75) is 58.5 Å². The zero-order chi connectivity index (χ0) is 23.7. The number of rotatable bonds is 2. The highest BCUT2D eigenvalue weighted by molar-refractivity contribution is 6.23. The minimum Gasteiger partial charge on any atom is -0.492 e. The summed E-state index contributed by atoms with van der Waals surface area (Å²) in [5, 5.41) is 2.53. The van der Waals surface area contributed by atoms with Crippen LogP contribution in [-0.4, -0.2) is 36.8 Å². The molecule has 1 atom stereocenters. The zero-order valence-corrected chi connectivity index (χ0v) is 18.7. The molecule has 8 heteroatoms. The molecule has 2 amide bonds. The molecule has 0 aromatic rings. The molecule has 1 unspecified atom stereocenters. The fraction of sp³-hybridized carbons (Fsp3) is 0.417. The largest absolute Gasteiger partial charge is 0.492 e. The van der Waals surface area contributed by atoms with E-state index < -0.39 is 23.6 Å². The third kappa shape index (κ3) is 7.08. The maximum Gasteiger partial charge on any atom is 0.404 e. The highest BCUT2D eigenvalue weighted by Crippen LogP contribution is 2.25. The van der Waals surface area contributed by atoms with E-state index in [1.54, 1.807) is 25.2 Å². The summed E-state index contributed by atoms with van der Waals surface area (Å²) in [4.78, 5) is 49.1. The first-order valence-electron chi connectivity index (χ1n) is 10.6. The summed E-state index contributed by atoms with van der Waals surface area (Å²) in [6, 6.07) is 0. The number of amides is 2. The maximum absolute atomic E-state index is 13.0. The standard InChI is InChI=1S/C24H30N2O6/c1-15-9-5-4-6-11-17(32-24(25)30)12-8-7-10-16(2)23(29)26-19-14-20(27)22(31-3)18(13-15)21(19)28/h7-10,14,17H,4-6,11-13H2,1-3H3,(H2,25,30)(H,26,29)/b8-7-,15-9+,16-10+. The van der Waals surface area contributed by atoms with Crippen LogP contribution < -0.4 is 11.1 Å². The first-order valence-corrected chi connectivity index (χ1v) is 10.6. The van der Waals surface area contributed by atoms with Gasteiger partial charge < -0.3 is 20.5 Å². The van der Waals surface area contributed by atoms with Crippen LogP contribution in [0.5, 0.6) is 0 Å². The molecule has 0 fully saturated rings. The van der Waals surface area contributed by atoms with Crippen molar-refractivity contribution in [2.75, 3.05) is 7.11 Å². The van der Waals surface area contributed by atoms with Crippen LogP contribution in [0.25, 0.3) is 0 Å². The van der Waals surface area contributed by atoms with Gasteiger partial charge in [-0.1, -0.05) is 29.9 Å². The molecule has 0 radical (unpaired) electrons. The van der Waals surface area contributed by atoms with Crippen LogP contribution in [0, 0.1) is 0 Å². The van der Waals surface area contributed by atoms with Crippen LogP contribution in [0.3, 0.4) is 0 Å². The zero-order valence-electron chi connectivity index (χ0n) is 18.7. The lowest BCUT2D eigenvalue weighted by Gasteiger charge is -2.19. The Balaban J connectivity index is 2.32. The van der Waals surface area contributed by atoms with E-state index in [4.69, 9.17) is 15.2 Å². The smallest absolute Gasteiger partial charge is 0.404 e. The molecule has 1 heterocycles. The van der Waals surface area contributed by atoms with E-state index in [0.717, 1.165) is 30.9 Å². The van der Waals surface area contributed by atoms with Crippen LogP contribution >= 0.6 is 0 Å². The number of fused-ring (bicyclic) bond motifs is 2. The number of primary amides is 1. The van der Waals surface area contributed by atoms with Gasteiger partial charge in [0.1, 0.15) is 6.10 Å². The van der Waals surface area contributed by atoms with Gasteiger partial charge in [-0.2, -0.15) is 0 Å². The van der Waals surface area contributed by atoms with Gasteiger partial charge >= 0.3 is 6.09 Å².